The second-order valence-corrected chi connectivity index (χ2v) is 3.90. The molecule has 3 nitrogen and oxygen atoms in total. The van der Waals surface area contributed by atoms with Gasteiger partial charge in [-0.05, 0) is 6.42 Å². The highest BCUT2D eigenvalue weighted by Crippen LogP contribution is 2.64. The van der Waals surface area contributed by atoms with Crippen LogP contribution in [0.3, 0.4) is 0 Å². The molecule has 1 spiro atoms. The average molecular weight is 121 g/mol. The van der Waals surface area contributed by atoms with E-state index in [0.29, 0.717) is 0 Å². The van der Waals surface area contributed by atoms with Crippen LogP contribution in [0, 0.1) is 0 Å². The first kappa shape index (κ1) is 4.14. The molecule has 0 aromatic heterocycles. The summed E-state index contributed by atoms with van der Waals surface area (Å²) in [6, 6.07) is 0. The van der Waals surface area contributed by atoms with Crippen LogP contribution < -0.4 is 4.72 Å². The Morgan fingerprint density at radius 1 is 1.43 bits per heavy atom. The summed E-state index contributed by atoms with van der Waals surface area (Å²) in [7, 11) is -1.05. The van der Waals surface area contributed by atoms with Crippen molar-refractivity contribution >= 4 is 10.8 Å². The van der Waals surface area contributed by atoms with Crippen molar-refractivity contribution < 1.29 is 8.67 Å². The van der Waals surface area contributed by atoms with Crippen LogP contribution >= 0.6 is 10.8 Å². The van der Waals surface area contributed by atoms with Gasteiger partial charge in [-0.1, -0.05) is 19.4 Å². The molecule has 0 aromatic carbocycles. The van der Waals surface area contributed by atoms with Crippen molar-refractivity contribution in [1.82, 2.24) is 4.72 Å². The zero-order valence-corrected chi connectivity index (χ0v) is 4.66. The van der Waals surface area contributed by atoms with Crippen LogP contribution in [-0.2, 0) is 8.67 Å². The number of rotatable bonds is 0. The minimum absolute atomic E-state index is 1.05. The highest BCUT2D eigenvalue weighted by Gasteiger charge is 2.41. The van der Waals surface area contributed by atoms with Gasteiger partial charge in [-0.2, -0.15) is 0 Å². The molecule has 2 fully saturated rings. The SMILES string of the molecule is C1CNS2(C1)OO2. The fourth-order valence-electron chi connectivity index (χ4n) is 0.712. The molecule has 0 amide bonds. The Bertz CT molecular complexity index is 84.9. The molecule has 0 unspecified atom stereocenters. The molecular formula is C3H7NO2S. The standard InChI is InChI=1S/C3H7NO2S/c1-2-4-7(3-1)5-6-7/h4H,1-3H2. The fraction of sp³-hybridized carbons (Fsp3) is 1.00. The van der Waals surface area contributed by atoms with Crippen LogP contribution in [0.1, 0.15) is 6.42 Å². The fourth-order valence-corrected chi connectivity index (χ4v) is 2.34. The van der Waals surface area contributed by atoms with E-state index in [1.54, 1.807) is 0 Å². The third-order valence-corrected chi connectivity index (χ3v) is 3.08. The maximum Gasteiger partial charge on any atom is 0.0605 e. The largest absolute Gasteiger partial charge is 0.214 e. The molecule has 2 rings (SSSR count). The highest BCUT2D eigenvalue weighted by molar-refractivity contribution is 8.27. The Hall–Kier alpha value is 0.230. The quantitative estimate of drug-likeness (QED) is 0.374. The predicted octanol–water partition coefficient (Wildman–Crippen LogP) is 0.491. The van der Waals surface area contributed by atoms with Gasteiger partial charge in [0.2, 0.25) is 0 Å². The zero-order chi connectivity index (χ0) is 4.74. The van der Waals surface area contributed by atoms with Crippen molar-refractivity contribution in [2.24, 2.45) is 0 Å². The van der Waals surface area contributed by atoms with Gasteiger partial charge in [0.25, 0.3) is 0 Å². The van der Waals surface area contributed by atoms with Gasteiger partial charge in [-0.3, -0.25) is 0 Å². The van der Waals surface area contributed by atoms with Crippen molar-refractivity contribution in [3.63, 3.8) is 0 Å². The summed E-state index contributed by atoms with van der Waals surface area (Å²) in [6.45, 7) is 1.06. The van der Waals surface area contributed by atoms with E-state index < -0.39 is 10.8 Å². The van der Waals surface area contributed by atoms with Crippen molar-refractivity contribution in [2.75, 3.05) is 12.3 Å². The van der Waals surface area contributed by atoms with Crippen LogP contribution in [0.2, 0.25) is 0 Å². The molecule has 2 aliphatic heterocycles. The Kier molecular flexibility index (Phi) is 0.674. The summed E-state index contributed by atoms with van der Waals surface area (Å²) in [5, 5.41) is 0. The second-order valence-electron chi connectivity index (χ2n) is 1.70. The smallest absolute Gasteiger partial charge is 0.0605 e. The molecule has 7 heavy (non-hydrogen) atoms. The molecule has 0 radical (unpaired) electrons. The van der Waals surface area contributed by atoms with Crippen molar-refractivity contribution in [3.05, 3.63) is 0 Å². The van der Waals surface area contributed by atoms with E-state index in [4.69, 9.17) is 8.67 Å². The van der Waals surface area contributed by atoms with E-state index in [-0.39, 0.29) is 0 Å². The van der Waals surface area contributed by atoms with Gasteiger partial charge in [0.15, 0.2) is 0 Å². The van der Waals surface area contributed by atoms with Crippen LogP contribution in [0.4, 0.5) is 0 Å². The Balaban J connectivity index is 2.07. The summed E-state index contributed by atoms with van der Waals surface area (Å²) >= 11 is 0. The Morgan fingerprint density at radius 3 is 2.57 bits per heavy atom. The lowest BCUT2D eigenvalue weighted by atomic mass is 10.5. The molecule has 42 valence electrons. The van der Waals surface area contributed by atoms with Crippen molar-refractivity contribution in [2.45, 2.75) is 6.42 Å². The molecule has 0 atom stereocenters. The summed E-state index contributed by atoms with van der Waals surface area (Å²) in [6.07, 6.45) is 1.20. The first-order chi connectivity index (χ1) is 3.41. The minimum Gasteiger partial charge on any atom is -0.214 e. The predicted molar refractivity (Wildman–Crippen MR) is 27.2 cm³/mol. The number of nitrogens with one attached hydrogen (secondary N) is 1. The van der Waals surface area contributed by atoms with Crippen LogP contribution in [0.15, 0.2) is 0 Å². The van der Waals surface area contributed by atoms with E-state index in [1.165, 1.54) is 6.42 Å². The third-order valence-electron chi connectivity index (χ3n) is 1.14. The second kappa shape index (κ2) is 1.14. The van der Waals surface area contributed by atoms with Gasteiger partial charge in [0.05, 0.1) is 5.75 Å². The molecule has 0 aromatic rings. The monoisotopic (exact) mass is 121 g/mol. The molecule has 2 saturated heterocycles. The van der Waals surface area contributed by atoms with Gasteiger partial charge in [0, 0.05) is 6.54 Å². The van der Waals surface area contributed by atoms with E-state index in [9.17, 15) is 0 Å². The third kappa shape index (κ3) is 0.551. The highest BCUT2D eigenvalue weighted by atomic mass is 32.3. The molecule has 0 bridgehead atoms. The first-order valence-corrected chi connectivity index (χ1v) is 4.00. The summed E-state index contributed by atoms with van der Waals surface area (Å²) in [5.74, 6) is 1.09. The van der Waals surface area contributed by atoms with E-state index in [1.807, 2.05) is 0 Å². The van der Waals surface area contributed by atoms with Gasteiger partial charge in [-0.25, -0.2) is 4.72 Å². The lowest BCUT2D eigenvalue weighted by Gasteiger charge is -2.01. The summed E-state index contributed by atoms with van der Waals surface area (Å²) in [5.41, 5.74) is 0. The lowest BCUT2D eigenvalue weighted by molar-refractivity contribution is 0.0850. The van der Waals surface area contributed by atoms with Crippen LogP contribution in [0.25, 0.3) is 0 Å². The first-order valence-electron chi connectivity index (χ1n) is 2.35. The Morgan fingerprint density at radius 2 is 2.29 bits per heavy atom. The number of hydrogen-bond donors (Lipinski definition) is 1. The van der Waals surface area contributed by atoms with Gasteiger partial charge in [0.1, 0.15) is 0 Å². The van der Waals surface area contributed by atoms with Gasteiger partial charge >= 0.3 is 0 Å². The van der Waals surface area contributed by atoms with Crippen LogP contribution in [-0.4, -0.2) is 12.3 Å². The normalized spacial score (nSPS) is 38.9. The Labute approximate surface area is 43.8 Å². The average Bonchev–Trinajstić information content (AvgIpc) is 2.15. The van der Waals surface area contributed by atoms with E-state index in [2.05, 4.69) is 4.72 Å². The van der Waals surface area contributed by atoms with E-state index >= 15 is 0 Å². The topological polar surface area (TPSA) is 37.1 Å². The van der Waals surface area contributed by atoms with E-state index in [0.717, 1.165) is 12.3 Å². The molecule has 0 saturated carbocycles. The van der Waals surface area contributed by atoms with Gasteiger partial charge < -0.3 is 0 Å². The van der Waals surface area contributed by atoms with Crippen molar-refractivity contribution in [3.8, 4) is 0 Å². The summed E-state index contributed by atoms with van der Waals surface area (Å²) < 4.78 is 12.6. The molecule has 2 aliphatic rings. The van der Waals surface area contributed by atoms with Crippen LogP contribution in [0.5, 0.6) is 0 Å². The summed E-state index contributed by atoms with van der Waals surface area (Å²) in [4.78, 5) is 0. The minimum atomic E-state index is -1.05. The lowest BCUT2D eigenvalue weighted by Crippen LogP contribution is -2.00. The molecule has 1 N–H and O–H groups in total. The molecular weight excluding hydrogens is 114 g/mol. The molecule has 0 aliphatic carbocycles. The maximum atomic E-state index is 4.73. The van der Waals surface area contributed by atoms with Crippen molar-refractivity contribution in [1.29, 1.82) is 0 Å². The van der Waals surface area contributed by atoms with Gasteiger partial charge in [-0.15, -0.1) is 0 Å². The molecule has 4 heteroatoms. The number of hydrogen-bond acceptors (Lipinski definition) is 3. The maximum absolute atomic E-state index is 4.73. The molecule has 2 heterocycles. The zero-order valence-electron chi connectivity index (χ0n) is 3.85.